The van der Waals surface area contributed by atoms with Gasteiger partial charge in [0.2, 0.25) is 0 Å². The molecule has 3 aromatic carbocycles. The summed E-state index contributed by atoms with van der Waals surface area (Å²) in [5, 5.41) is 0. The van der Waals surface area contributed by atoms with Crippen molar-refractivity contribution in [3.8, 4) is 33.4 Å². The summed E-state index contributed by atoms with van der Waals surface area (Å²) in [7, 11) is 0. The standard InChI is InChI=1S/C45H48N4/c1-43(2,3)30-16-10-27(11-17-30)39-34-22-23-36(47-34)40(28-12-18-31(19-13-28)44(4,5)6)38-26-33(46)42(49-38)41(37-25-24-35(39)48-37)29-14-20-32(21-15-29)45(7,8)9/h10-26,47-48H,46H2,1-9H3/p+1. The third-order valence-electron chi connectivity index (χ3n) is 9.91. The zero-order valence-corrected chi connectivity index (χ0v) is 30.5. The van der Waals surface area contributed by atoms with Gasteiger partial charge in [-0.15, -0.1) is 0 Å². The number of aromatic nitrogens is 3. The number of nitrogens with zero attached hydrogens (tertiary/aromatic N) is 1. The van der Waals surface area contributed by atoms with Gasteiger partial charge in [-0.3, -0.25) is 0 Å². The van der Waals surface area contributed by atoms with Crippen LogP contribution in [0.25, 0.3) is 67.2 Å². The Balaban J connectivity index is 1.58. The molecule has 4 nitrogen and oxygen atoms in total. The third-order valence-corrected chi connectivity index (χ3v) is 9.91. The van der Waals surface area contributed by atoms with Crippen LogP contribution in [0.1, 0.15) is 90.4 Å². The molecule has 0 radical (unpaired) electrons. The lowest BCUT2D eigenvalue weighted by atomic mass is 9.86. The van der Waals surface area contributed by atoms with Crippen LogP contribution < -0.4 is 5.73 Å². The van der Waals surface area contributed by atoms with Crippen molar-refractivity contribution < 1.29 is 5.73 Å². The van der Waals surface area contributed by atoms with Crippen molar-refractivity contribution in [1.82, 2.24) is 15.0 Å². The van der Waals surface area contributed by atoms with Gasteiger partial charge < -0.3 is 15.7 Å². The minimum atomic E-state index is 0.0605. The van der Waals surface area contributed by atoms with E-state index in [0.717, 1.165) is 72.5 Å². The molecule has 1 aliphatic rings. The molecule has 0 spiro atoms. The number of hydrogen-bond acceptors (Lipinski definition) is 1. The van der Waals surface area contributed by atoms with Crippen LogP contribution in [0.3, 0.4) is 0 Å². The predicted octanol–water partition coefficient (Wildman–Crippen LogP) is 11.1. The minimum absolute atomic E-state index is 0.0605. The van der Waals surface area contributed by atoms with Crippen LogP contribution in [0.5, 0.6) is 0 Å². The van der Waals surface area contributed by atoms with Gasteiger partial charge in [-0.25, -0.2) is 4.98 Å². The van der Waals surface area contributed by atoms with Crippen LogP contribution in [-0.4, -0.2) is 15.0 Å². The highest BCUT2D eigenvalue weighted by Crippen LogP contribution is 2.39. The maximum atomic E-state index is 5.39. The van der Waals surface area contributed by atoms with E-state index < -0.39 is 0 Å². The Morgan fingerprint density at radius 3 is 1.14 bits per heavy atom. The molecule has 1 aliphatic heterocycles. The highest BCUT2D eigenvalue weighted by molar-refractivity contribution is 6.01. The first-order valence-corrected chi connectivity index (χ1v) is 17.4. The Bertz CT molecular complexity index is 2290. The smallest absolute Gasteiger partial charge is 0.156 e. The summed E-state index contributed by atoms with van der Waals surface area (Å²) in [4.78, 5) is 13.1. The topological polar surface area (TPSA) is 72.1 Å². The number of quaternary nitrogens is 1. The van der Waals surface area contributed by atoms with E-state index in [9.17, 15) is 0 Å². The molecular formula is C45H49N4+. The van der Waals surface area contributed by atoms with Crippen molar-refractivity contribution in [2.24, 2.45) is 0 Å². The van der Waals surface area contributed by atoms with Gasteiger partial charge in [-0.2, -0.15) is 0 Å². The average molecular weight is 646 g/mol. The highest BCUT2D eigenvalue weighted by atomic mass is 14.8. The number of rotatable bonds is 3. The quantitative estimate of drug-likeness (QED) is 0.176. The molecule has 7 rings (SSSR count). The monoisotopic (exact) mass is 645 g/mol. The van der Waals surface area contributed by atoms with Crippen molar-refractivity contribution in [2.75, 3.05) is 0 Å². The number of benzene rings is 3. The fourth-order valence-electron chi connectivity index (χ4n) is 6.90. The van der Waals surface area contributed by atoms with Crippen LogP contribution in [0.4, 0.5) is 0 Å². The maximum Gasteiger partial charge on any atom is 0.156 e. The van der Waals surface area contributed by atoms with E-state index in [1.165, 1.54) is 16.7 Å². The summed E-state index contributed by atoms with van der Waals surface area (Å²) >= 11 is 0. The molecule has 0 saturated heterocycles. The molecule has 0 amide bonds. The average Bonchev–Trinajstić information content (AvgIpc) is 3.79. The number of aromatic amines is 2. The normalized spacial score (nSPS) is 13.2. The fraction of sp³-hybridized carbons (Fsp3) is 0.267. The van der Waals surface area contributed by atoms with Crippen LogP contribution in [0.2, 0.25) is 0 Å². The second kappa shape index (κ2) is 11.6. The van der Waals surface area contributed by atoms with Crippen molar-refractivity contribution in [2.45, 2.75) is 78.6 Å². The zero-order chi connectivity index (χ0) is 34.9. The summed E-state index contributed by atoms with van der Waals surface area (Å²) in [6.07, 6.45) is 2.14. The van der Waals surface area contributed by atoms with Crippen LogP contribution in [0, 0.1) is 0 Å². The van der Waals surface area contributed by atoms with Gasteiger partial charge in [-0.05, 0) is 73.9 Å². The molecule has 6 bridgehead atoms. The summed E-state index contributed by atoms with van der Waals surface area (Å²) in [6, 6.07) is 35.8. The molecule has 5 N–H and O–H groups in total. The lowest BCUT2D eigenvalue weighted by Gasteiger charge is -2.19. The first kappa shape index (κ1) is 32.6. The molecule has 0 fully saturated rings. The Hall–Kier alpha value is -4.93. The van der Waals surface area contributed by atoms with Crippen LogP contribution in [-0.2, 0) is 16.2 Å². The van der Waals surface area contributed by atoms with E-state index in [2.05, 4.69) is 181 Å². The molecule has 4 heteroatoms. The molecule has 0 aliphatic carbocycles. The van der Waals surface area contributed by atoms with Gasteiger partial charge in [0.05, 0.1) is 5.69 Å². The van der Waals surface area contributed by atoms with Crippen molar-refractivity contribution >= 4 is 33.8 Å². The van der Waals surface area contributed by atoms with Crippen molar-refractivity contribution in [3.63, 3.8) is 0 Å². The van der Waals surface area contributed by atoms with E-state index >= 15 is 0 Å². The van der Waals surface area contributed by atoms with Crippen LogP contribution >= 0.6 is 0 Å². The summed E-state index contributed by atoms with van der Waals surface area (Å²) < 4.78 is 0. The summed E-state index contributed by atoms with van der Waals surface area (Å²) in [5.74, 6) is 0. The Labute approximate surface area is 290 Å². The van der Waals surface area contributed by atoms with E-state index in [0.29, 0.717) is 0 Å². The number of H-pyrrole nitrogens is 2. The first-order valence-electron chi connectivity index (χ1n) is 17.4. The maximum absolute atomic E-state index is 5.39. The van der Waals surface area contributed by atoms with E-state index in [1.54, 1.807) is 0 Å². The van der Waals surface area contributed by atoms with E-state index in [4.69, 9.17) is 4.98 Å². The lowest BCUT2D eigenvalue weighted by Crippen LogP contribution is -2.45. The first-order chi connectivity index (χ1) is 23.1. The van der Waals surface area contributed by atoms with Gasteiger partial charge in [0.1, 0.15) is 5.69 Å². The Kier molecular flexibility index (Phi) is 7.72. The zero-order valence-electron chi connectivity index (χ0n) is 30.5. The fourth-order valence-corrected chi connectivity index (χ4v) is 6.90. The predicted molar refractivity (Wildman–Crippen MR) is 209 cm³/mol. The summed E-state index contributed by atoms with van der Waals surface area (Å²) in [6.45, 7) is 20.3. The van der Waals surface area contributed by atoms with E-state index in [-0.39, 0.29) is 16.2 Å². The number of nitrogens with one attached hydrogen (secondary N) is 2. The molecule has 3 aromatic heterocycles. The lowest BCUT2D eigenvalue weighted by molar-refractivity contribution is -0.242. The third kappa shape index (κ3) is 6.11. The van der Waals surface area contributed by atoms with Gasteiger partial charge >= 0.3 is 0 Å². The number of hydrogen-bond donors (Lipinski definition) is 3. The largest absolute Gasteiger partial charge is 0.354 e. The molecule has 49 heavy (non-hydrogen) atoms. The Morgan fingerprint density at radius 1 is 0.429 bits per heavy atom. The van der Waals surface area contributed by atoms with Crippen molar-refractivity contribution in [1.29, 1.82) is 0 Å². The molecule has 248 valence electrons. The molecule has 0 saturated carbocycles. The Morgan fingerprint density at radius 2 is 0.755 bits per heavy atom. The van der Waals surface area contributed by atoms with Crippen LogP contribution in [0.15, 0.2) is 97.1 Å². The molecular weight excluding hydrogens is 597 g/mol. The second-order valence-electron chi connectivity index (χ2n) is 16.7. The minimum Gasteiger partial charge on any atom is -0.354 e. The van der Waals surface area contributed by atoms with Crippen molar-refractivity contribution in [3.05, 3.63) is 125 Å². The van der Waals surface area contributed by atoms with E-state index in [1.807, 2.05) is 0 Å². The SMILES string of the molecule is CC(C)(C)c1ccc(-c2c3nc(c(-c4ccc(C(C)(C)C)cc4)c4ccc([nH]4)c(-c4ccc(C(C)(C)C)cc4)c4ccc2[nH]4)C([NH3+])=C3)cc1. The van der Waals surface area contributed by atoms with Gasteiger partial charge in [-0.1, -0.05) is 135 Å². The number of fused-ring (bicyclic) bond motifs is 6. The molecule has 0 atom stereocenters. The second-order valence-corrected chi connectivity index (χ2v) is 16.7. The molecule has 4 heterocycles. The summed E-state index contributed by atoms with van der Waals surface area (Å²) in [5.41, 5.74) is 22.1. The highest BCUT2D eigenvalue weighted by Gasteiger charge is 2.24. The molecule has 6 aromatic rings. The van der Waals surface area contributed by atoms with Gasteiger partial charge in [0.15, 0.2) is 5.70 Å². The molecule has 0 unspecified atom stereocenters. The van der Waals surface area contributed by atoms with Gasteiger partial charge in [0.25, 0.3) is 0 Å². The van der Waals surface area contributed by atoms with Gasteiger partial charge in [0, 0.05) is 44.8 Å².